The maximum atomic E-state index is 13.0. The summed E-state index contributed by atoms with van der Waals surface area (Å²) in [6.07, 6.45) is 3.04. The van der Waals surface area contributed by atoms with Crippen LogP contribution in [0.15, 0.2) is 60.7 Å². The maximum absolute atomic E-state index is 13.0. The summed E-state index contributed by atoms with van der Waals surface area (Å²) >= 11 is 0. The lowest BCUT2D eigenvalue weighted by Crippen LogP contribution is -2.42. The summed E-state index contributed by atoms with van der Waals surface area (Å²) in [4.78, 5) is 14.4. The number of carbonyl (C=O) groups excluding carboxylic acids is 1. The Morgan fingerprint density at radius 2 is 1.58 bits per heavy atom. The van der Waals surface area contributed by atoms with E-state index >= 15 is 0 Å². The van der Waals surface area contributed by atoms with Crippen LogP contribution in [0.2, 0.25) is 0 Å². The molecule has 0 aromatic heterocycles. The molecule has 1 saturated heterocycles. The molecule has 1 fully saturated rings. The topological polar surface area (TPSA) is 86.7 Å². The molecular formula is C24H32N2O4S. The normalized spacial score (nSPS) is 16.7. The van der Waals surface area contributed by atoms with Gasteiger partial charge in [0, 0.05) is 6.54 Å². The summed E-state index contributed by atoms with van der Waals surface area (Å²) in [5, 5.41) is 8.67. The van der Waals surface area contributed by atoms with Crippen molar-refractivity contribution in [1.29, 1.82) is 0 Å². The van der Waals surface area contributed by atoms with E-state index in [1.54, 1.807) is 5.48 Å². The predicted molar refractivity (Wildman–Crippen MR) is 121 cm³/mol. The fourth-order valence-electron chi connectivity index (χ4n) is 4.26. The van der Waals surface area contributed by atoms with E-state index in [0.29, 0.717) is 25.7 Å². The number of sulfone groups is 1. The smallest absolute Gasteiger partial charge is 0.247 e. The van der Waals surface area contributed by atoms with Crippen LogP contribution in [-0.2, 0) is 27.6 Å². The highest BCUT2D eigenvalue weighted by molar-refractivity contribution is 7.92. The van der Waals surface area contributed by atoms with Crippen LogP contribution in [0.1, 0.15) is 36.8 Å². The molecule has 0 aliphatic carbocycles. The largest absolute Gasteiger partial charge is 0.299 e. The first kappa shape index (κ1) is 23.4. The Bertz CT molecular complexity index is 911. The molecule has 3 rings (SSSR count). The van der Waals surface area contributed by atoms with Crippen molar-refractivity contribution in [1.82, 2.24) is 10.4 Å². The van der Waals surface area contributed by atoms with E-state index in [-0.39, 0.29) is 5.75 Å². The predicted octanol–water partition coefficient (Wildman–Crippen LogP) is 3.21. The fourth-order valence-corrected chi connectivity index (χ4v) is 6.34. The molecule has 1 heterocycles. The lowest BCUT2D eigenvalue weighted by molar-refractivity contribution is -0.132. The summed E-state index contributed by atoms with van der Waals surface area (Å²) in [5.74, 6) is -1.56. The molecule has 1 aliphatic heterocycles. The molecule has 0 bridgehead atoms. The first-order valence-corrected chi connectivity index (χ1v) is 12.6. The van der Waals surface area contributed by atoms with Gasteiger partial charge in [0.25, 0.3) is 0 Å². The molecular weight excluding hydrogens is 412 g/mol. The SMILES string of the molecule is O=C(NO)C(CCCc1ccccc1)CS(=O)(=O)C1CCN(Cc2ccccc2)CC1. The number of carbonyl (C=O) groups is 1. The van der Waals surface area contributed by atoms with Crippen molar-refractivity contribution < 1.29 is 18.4 Å². The van der Waals surface area contributed by atoms with Crippen LogP contribution >= 0.6 is 0 Å². The lowest BCUT2D eigenvalue weighted by atomic mass is 10.0. The number of nitrogens with zero attached hydrogens (tertiary/aromatic N) is 1. The summed E-state index contributed by atoms with van der Waals surface area (Å²) in [6.45, 7) is 2.27. The maximum Gasteiger partial charge on any atom is 0.247 e. The summed E-state index contributed by atoms with van der Waals surface area (Å²) in [7, 11) is -3.43. The van der Waals surface area contributed by atoms with Gasteiger partial charge in [-0.05, 0) is 56.3 Å². The molecule has 1 aliphatic rings. The molecule has 2 N–H and O–H groups in total. The number of hydrogen-bond donors (Lipinski definition) is 2. The number of hydroxylamine groups is 1. The highest BCUT2D eigenvalue weighted by Crippen LogP contribution is 2.23. The van der Waals surface area contributed by atoms with Crippen molar-refractivity contribution in [2.45, 2.75) is 43.9 Å². The number of amides is 1. The number of nitrogens with one attached hydrogen (secondary N) is 1. The standard InChI is InChI=1S/C24H32N2O4S/c27-24(25-28)22(13-7-12-20-8-3-1-4-9-20)19-31(29,30)23-14-16-26(17-15-23)18-21-10-5-2-6-11-21/h1-6,8-11,22-23,28H,7,12-19H2,(H,25,27). The van der Waals surface area contributed by atoms with Crippen LogP contribution in [-0.4, -0.2) is 48.5 Å². The molecule has 31 heavy (non-hydrogen) atoms. The molecule has 1 unspecified atom stereocenters. The molecule has 1 atom stereocenters. The van der Waals surface area contributed by atoms with Gasteiger partial charge in [0.15, 0.2) is 9.84 Å². The Labute approximate surface area is 185 Å². The molecule has 1 amide bonds. The van der Waals surface area contributed by atoms with Gasteiger partial charge >= 0.3 is 0 Å². The Balaban J connectivity index is 1.52. The van der Waals surface area contributed by atoms with Gasteiger partial charge in [-0.15, -0.1) is 0 Å². The summed E-state index contributed by atoms with van der Waals surface area (Å²) in [5.41, 5.74) is 4.04. The Kier molecular flexibility index (Phi) is 8.63. The van der Waals surface area contributed by atoms with E-state index in [9.17, 15) is 13.2 Å². The van der Waals surface area contributed by atoms with Gasteiger partial charge in [0.1, 0.15) is 0 Å². The fraction of sp³-hybridized carbons (Fsp3) is 0.458. The van der Waals surface area contributed by atoms with Crippen LogP contribution in [0.4, 0.5) is 0 Å². The van der Waals surface area contributed by atoms with E-state index in [4.69, 9.17) is 5.21 Å². The number of hydrogen-bond acceptors (Lipinski definition) is 5. The van der Waals surface area contributed by atoms with Crippen LogP contribution in [0.25, 0.3) is 0 Å². The summed E-state index contributed by atoms with van der Waals surface area (Å²) < 4.78 is 26.1. The van der Waals surface area contributed by atoms with Crippen molar-refractivity contribution in [2.75, 3.05) is 18.8 Å². The molecule has 2 aromatic carbocycles. The second kappa shape index (κ2) is 11.4. The lowest BCUT2D eigenvalue weighted by Gasteiger charge is -2.32. The van der Waals surface area contributed by atoms with Crippen molar-refractivity contribution in [3.63, 3.8) is 0 Å². The van der Waals surface area contributed by atoms with Gasteiger partial charge in [-0.2, -0.15) is 0 Å². The Morgan fingerprint density at radius 3 is 2.16 bits per heavy atom. The first-order valence-electron chi connectivity index (χ1n) is 10.9. The van der Waals surface area contributed by atoms with Gasteiger partial charge in [-0.1, -0.05) is 60.7 Å². The molecule has 0 saturated carbocycles. The van der Waals surface area contributed by atoms with E-state index < -0.39 is 26.9 Å². The first-order chi connectivity index (χ1) is 15.0. The second-order valence-corrected chi connectivity index (χ2v) is 10.7. The van der Waals surface area contributed by atoms with Gasteiger partial charge in [-0.25, -0.2) is 13.9 Å². The highest BCUT2D eigenvalue weighted by Gasteiger charge is 2.34. The second-order valence-electron chi connectivity index (χ2n) is 8.34. The quantitative estimate of drug-likeness (QED) is 0.434. The molecule has 2 aromatic rings. The monoisotopic (exact) mass is 444 g/mol. The minimum atomic E-state index is -3.43. The van der Waals surface area contributed by atoms with Gasteiger partial charge in [0.05, 0.1) is 16.9 Å². The number of likely N-dealkylation sites (tertiary alicyclic amines) is 1. The molecule has 168 valence electrons. The van der Waals surface area contributed by atoms with Gasteiger partial charge in [0.2, 0.25) is 5.91 Å². The summed E-state index contributed by atoms with van der Waals surface area (Å²) in [6, 6.07) is 20.1. The average molecular weight is 445 g/mol. The number of piperidine rings is 1. The van der Waals surface area contributed by atoms with Crippen molar-refractivity contribution >= 4 is 15.7 Å². The van der Waals surface area contributed by atoms with Crippen molar-refractivity contribution in [2.24, 2.45) is 5.92 Å². The molecule has 0 spiro atoms. The highest BCUT2D eigenvalue weighted by atomic mass is 32.2. The molecule has 0 radical (unpaired) electrons. The third-order valence-electron chi connectivity index (χ3n) is 6.07. The minimum absolute atomic E-state index is 0.211. The van der Waals surface area contributed by atoms with E-state index in [0.717, 1.165) is 31.6 Å². The van der Waals surface area contributed by atoms with E-state index in [1.165, 1.54) is 5.56 Å². The number of benzene rings is 2. The Morgan fingerprint density at radius 1 is 1.00 bits per heavy atom. The third-order valence-corrected chi connectivity index (χ3v) is 8.42. The average Bonchev–Trinajstić information content (AvgIpc) is 2.79. The van der Waals surface area contributed by atoms with E-state index in [2.05, 4.69) is 17.0 Å². The van der Waals surface area contributed by atoms with Crippen LogP contribution in [0.3, 0.4) is 0 Å². The van der Waals surface area contributed by atoms with Crippen molar-refractivity contribution in [3.05, 3.63) is 71.8 Å². The number of aryl methyl sites for hydroxylation is 1. The van der Waals surface area contributed by atoms with Crippen LogP contribution < -0.4 is 5.48 Å². The molecule has 6 nitrogen and oxygen atoms in total. The van der Waals surface area contributed by atoms with Crippen LogP contribution in [0.5, 0.6) is 0 Å². The van der Waals surface area contributed by atoms with Gasteiger partial charge < -0.3 is 0 Å². The molecule has 7 heteroatoms. The zero-order valence-electron chi connectivity index (χ0n) is 17.8. The number of rotatable bonds is 10. The van der Waals surface area contributed by atoms with Crippen molar-refractivity contribution in [3.8, 4) is 0 Å². The van der Waals surface area contributed by atoms with Crippen LogP contribution in [0, 0.1) is 5.92 Å². The van der Waals surface area contributed by atoms with E-state index in [1.807, 2.05) is 48.5 Å². The Hall–Kier alpha value is -2.22. The third kappa shape index (κ3) is 7.16. The van der Waals surface area contributed by atoms with Gasteiger partial charge in [-0.3, -0.25) is 14.9 Å². The zero-order valence-corrected chi connectivity index (χ0v) is 18.6. The zero-order chi connectivity index (χ0) is 22.1. The minimum Gasteiger partial charge on any atom is -0.299 e.